The lowest BCUT2D eigenvalue weighted by Crippen LogP contribution is -2.36. The van der Waals surface area contributed by atoms with Crippen molar-refractivity contribution in [1.29, 1.82) is 0 Å². The van der Waals surface area contributed by atoms with Gasteiger partial charge in [0, 0.05) is 24.7 Å². The Bertz CT molecular complexity index is 795. The minimum Gasteiger partial charge on any atom is -0.352 e. The van der Waals surface area contributed by atoms with Crippen LogP contribution in [0.5, 0.6) is 0 Å². The first-order chi connectivity index (χ1) is 12.8. The number of fused-ring (bicyclic) bond motifs is 1. The zero-order valence-electron chi connectivity index (χ0n) is 16.2. The van der Waals surface area contributed by atoms with E-state index in [1.54, 1.807) is 4.40 Å². The molecule has 0 saturated heterocycles. The summed E-state index contributed by atoms with van der Waals surface area (Å²) < 4.78 is 1.77. The van der Waals surface area contributed by atoms with Crippen LogP contribution in [0.25, 0.3) is 11.0 Å². The Morgan fingerprint density at radius 3 is 2.22 bits per heavy atom. The highest BCUT2D eigenvalue weighted by Gasteiger charge is 2.20. The standard InChI is InChI=1S/C19H27ClN4O2S/c1-12(2)5-7-21-17(25)14(18(26)22-8-6-13(3)4)11-15-16(20)23-19-24(15)9-10-27-19/h9-13H,5-8H2,1-4H3,(H,21,25)(H,22,26). The number of carbonyl (C=O) groups excluding carboxylic acids is 2. The van der Waals surface area contributed by atoms with Gasteiger partial charge in [-0.15, -0.1) is 11.3 Å². The molecule has 8 heteroatoms. The molecule has 0 radical (unpaired) electrons. The van der Waals surface area contributed by atoms with E-state index in [-0.39, 0.29) is 10.7 Å². The van der Waals surface area contributed by atoms with E-state index in [4.69, 9.17) is 11.6 Å². The van der Waals surface area contributed by atoms with E-state index < -0.39 is 11.8 Å². The molecule has 2 aromatic heterocycles. The molecule has 0 aliphatic carbocycles. The third-order valence-electron chi connectivity index (χ3n) is 4.04. The van der Waals surface area contributed by atoms with Crippen molar-refractivity contribution < 1.29 is 9.59 Å². The molecular weight excluding hydrogens is 384 g/mol. The van der Waals surface area contributed by atoms with Crippen LogP contribution in [0.1, 0.15) is 46.2 Å². The van der Waals surface area contributed by atoms with Gasteiger partial charge in [0.25, 0.3) is 11.8 Å². The van der Waals surface area contributed by atoms with E-state index in [1.165, 1.54) is 17.4 Å². The van der Waals surface area contributed by atoms with E-state index in [2.05, 4.69) is 43.3 Å². The summed E-state index contributed by atoms with van der Waals surface area (Å²) in [6.07, 6.45) is 5.02. The Morgan fingerprint density at radius 2 is 1.70 bits per heavy atom. The van der Waals surface area contributed by atoms with E-state index in [0.29, 0.717) is 35.6 Å². The molecule has 148 valence electrons. The van der Waals surface area contributed by atoms with Crippen LogP contribution < -0.4 is 10.6 Å². The zero-order valence-corrected chi connectivity index (χ0v) is 17.8. The van der Waals surface area contributed by atoms with Gasteiger partial charge in [0.15, 0.2) is 10.1 Å². The number of nitrogens with one attached hydrogen (secondary N) is 2. The number of thiazole rings is 1. The number of carbonyl (C=O) groups is 2. The lowest BCUT2D eigenvalue weighted by Gasteiger charge is -2.12. The summed E-state index contributed by atoms with van der Waals surface area (Å²) in [5.41, 5.74) is 0.568. The van der Waals surface area contributed by atoms with Crippen LogP contribution in [0, 0.1) is 11.8 Å². The largest absolute Gasteiger partial charge is 0.352 e. The third kappa shape index (κ3) is 6.07. The third-order valence-corrected chi connectivity index (χ3v) is 5.07. The van der Waals surface area contributed by atoms with Crippen molar-refractivity contribution in [2.24, 2.45) is 11.8 Å². The van der Waals surface area contributed by atoms with E-state index in [1.807, 2.05) is 11.6 Å². The molecule has 2 rings (SSSR count). The molecule has 6 nitrogen and oxygen atoms in total. The minimum absolute atomic E-state index is 0.0393. The molecule has 0 aliphatic heterocycles. The van der Waals surface area contributed by atoms with Crippen molar-refractivity contribution in [2.45, 2.75) is 40.5 Å². The number of aromatic nitrogens is 2. The number of amides is 2. The molecule has 0 spiro atoms. The summed E-state index contributed by atoms with van der Waals surface area (Å²) in [5, 5.41) is 7.80. The summed E-state index contributed by atoms with van der Waals surface area (Å²) in [6.45, 7) is 9.37. The second kappa shape index (κ2) is 9.90. The highest BCUT2D eigenvalue weighted by Crippen LogP contribution is 2.23. The summed E-state index contributed by atoms with van der Waals surface area (Å²) in [6, 6.07) is 0. The van der Waals surface area contributed by atoms with Crippen molar-refractivity contribution in [3.63, 3.8) is 0 Å². The van der Waals surface area contributed by atoms with Gasteiger partial charge >= 0.3 is 0 Å². The fraction of sp³-hybridized carbons (Fsp3) is 0.526. The first kappa shape index (κ1) is 21.4. The first-order valence-corrected chi connectivity index (χ1v) is 10.4. The molecule has 0 fully saturated rings. The van der Waals surface area contributed by atoms with Crippen molar-refractivity contribution in [3.8, 4) is 0 Å². The van der Waals surface area contributed by atoms with Crippen molar-refractivity contribution >= 4 is 45.8 Å². The van der Waals surface area contributed by atoms with E-state index >= 15 is 0 Å². The monoisotopic (exact) mass is 410 g/mol. The smallest absolute Gasteiger partial charge is 0.256 e. The van der Waals surface area contributed by atoms with Gasteiger partial charge in [-0.05, 0) is 30.8 Å². The Morgan fingerprint density at radius 1 is 1.15 bits per heavy atom. The van der Waals surface area contributed by atoms with Crippen LogP contribution in [0.2, 0.25) is 5.15 Å². The van der Waals surface area contributed by atoms with Crippen LogP contribution in [-0.2, 0) is 9.59 Å². The quantitative estimate of drug-likeness (QED) is 0.375. The second-order valence-corrected chi connectivity index (χ2v) is 8.51. The Balaban J connectivity index is 2.25. The second-order valence-electron chi connectivity index (χ2n) is 7.28. The lowest BCUT2D eigenvalue weighted by atomic mass is 10.1. The molecule has 0 unspecified atom stereocenters. The molecule has 2 aromatic rings. The van der Waals surface area contributed by atoms with Gasteiger partial charge in [0.2, 0.25) is 0 Å². The van der Waals surface area contributed by atoms with Crippen LogP contribution >= 0.6 is 22.9 Å². The summed E-state index contributed by atoms with van der Waals surface area (Å²) in [5.74, 6) is 0.123. The van der Waals surface area contributed by atoms with Gasteiger partial charge in [-0.25, -0.2) is 4.98 Å². The van der Waals surface area contributed by atoms with Crippen LogP contribution in [0.4, 0.5) is 0 Å². The fourth-order valence-electron chi connectivity index (χ4n) is 2.42. The predicted octanol–water partition coefficient (Wildman–Crippen LogP) is 3.76. The molecule has 0 saturated carbocycles. The molecule has 2 heterocycles. The van der Waals surface area contributed by atoms with Crippen molar-refractivity contribution in [3.05, 3.63) is 28.0 Å². The average Bonchev–Trinajstić information content (AvgIpc) is 3.12. The molecule has 0 atom stereocenters. The molecule has 2 amide bonds. The summed E-state index contributed by atoms with van der Waals surface area (Å²) in [4.78, 5) is 30.3. The fourth-order valence-corrected chi connectivity index (χ4v) is 3.41. The van der Waals surface area contributed by atoms with Crippen LogP contribution in [0.3, 0.4) is 0 Å². The van der Waals surface area contributed by atoms with Crippen molar-refractivity contribution in [2.75, 3.05) is 13.1 Å². The molecule has 0 aliphatic rings. The van der Waals surface area contributed by atoms with Crippen molar-refractivity contribution in [1.82, 2.24) is 20.0 Å². The molecular formula is C19H27ClN4O2S. The van der Waals surface area contributed by atoms with Gasteiger partial charge < -0.3 is 10.6 Å². The summed E-state index contributed by atoms with van der Waals surface area (Å²) >= 11 is 7.66. The SMILES string of the molecule is CC(C)CCNC(=O)C(=Cc1c(Cl)nc2sccn12)C(=O)NCCC(C)C. The highest BCUT2D eigenvalue weighted by molar-refractivity contribution is 7.15. The zero-order chi connectivity index (χ0) is 20.0. The highest BCUT2D eigenvalue weighted by atomic mass is 35.5. The van der Waals surface area contributed by atoms with E-state index in [9.17, 15) is 9.59 Å². The van der Waals surface area contributed by atoms with E-state index in [0.717, 1.165) is 12.8 Å². The number of imidazole rings is 1. The maximum atomic E-state index is 12.7. The number of halogens is 1. The van der Waals surface area contributed by atoms with Gasteiger partial charge in [-0.3, -0.25) is 14.0 Å². The maximum Gasteiger partial charge on any atom is 0.256 e. The maximum absolute atomic E-state index is 12.7. The number of hydrogen-bond donors (Lipinski definition) is 2. The van der Waals surface area contributed by atoms with Crippen LogP contribution in [0.15, 0.2) is 17.2 Å². The van der Waals surface area contributed by atoms with Gasteiger partial charge in [0.05, 0.1) is 5.69 Å². The molecule has 0 aromatic carbocycles. The first-order valence-electron chi connectivity index (χ1n) is 9.18. The average molecular weight is 411 g/mol. The Kier molecular flexibility index (Phi) is 7.86. The number of hydrogen-bond acceptors (Lipinski definition) is 4. The number of nitrogens with zero attached hydrogens (tertiary/aromatic N) is 2. The normalized spacial score (nSPS) is 11.2. The van der Waals surface area contributed by atoms with Gasteiger partial charge in [-0.1, -0.05) is 39.3 Å². The van der Waals surface area contributed by atoms with Crippen LogP contribution in [-0.4, -0.2) is 34.3 Å². The number of rotatable bonds is 9. The predicted molar refractivity (Wildman–Crippen MR) is 111 cm³/mol. The van der Waals surface area contributed by atoms with Gasteiger partial charge in [0.1, 0.15) is 5.57 Å². The molecule has 0 bridgehead atoms. The lowest BCUT2D eigenvalue weighted by molar-refractivity contribution is -0.123. The van der Waals surface area contributed by atoms with Gasteiger partial charge in [-0.2, -0.15) is 0 Å². The molecule has 27 heavy (non-hydrogen) atoms. The molecule has 2 N–H and O–H groups in total. The Hall–Kier alpha value is -1.86. The Labute approximate surface area is 169 Å². The topological polar surface area (TPSA) is 75.5 Å². The summed E-state index contributed by atoms with van der Waals surface area (Å²) in [7, 11) is 0. The minimum atomic E-state index is -0.404.